The molecule has 0 atom stereocenters. The van der Waals surface area contributed by atoms with Crippen LogP contribution in [0.3, 0.4) is 0 Å². The van der Waals surface area contributed by atoms with Gasteiger partial charge in [0.1, 0.15) is 5.78 Å². The molecule has 0 saturated carbocycles. The van der Waals surface area contributed by atoms with Crippen LogP contribution in [0.4, 0.5) is 0 Å². The topological polar surface area (TPSA) is 26.3 Å². The highest BCUT2D eigenvalue weighted by molar-refractivity contribution is 5.78. The van der Waals surface area contributed by atoms with Crippen molar-refractivity contribution in [2.75, 3.05) is 6.61 Å². The zero-order chi connectivity index (χ0) is 18.0. The molecule has 0 heterocycles. The van der Waals surface area contributed by atoms with E-state index >= 15 is 0 Å². The zero-order valence-corrected chi connectivity index (χ0v) is 16.3. The first-order valence-corrected chi connectivity index (χ1v) is 10.5. The highest BCUT2D eigenvalue weighted by Gasteiger charge is 2.02. The lowest BCUT2D eigenvalue weighted by Gasteiger charge is -2.05. The Hall–Kier alpha value is -1.15. The number of ether oxygens (including phenoxy) is 1. The van der Waals surface area contributed by atoms with Crippen molar-refractivity contribution in [2.45, 2.75) is 97.0 Å². The van der Waals surface area contributed by atoms with Crippen LogP contribution in [0.25, 0.3) is 0 Å². The standard InChI is InChI=1S/C23H38O2/c1-2-3-4-5-6-7-8-13-18-23(24)19-14-10-15-20-25-21-22-16-11-9-12-17-22/h9,11-12,16-17H,2-8,10,13-15,18-21H2,1H3. The van der Waals surface area contributed by atoms with Crippen molar-refractivity contribution in [1.82, 2.24) is 0 Å². The smallest absolute Gasteiger partial charge is 0.132 e. The summed E-state index contributed by atoms with van der Waals surface area (Å²) in [6.07, 6.45) is 15.1. The molecule has 1 aromatic carbocycles. The summed E-state index contributed by atoms with van der Waals surface area (Å²) >= 11 is 0. The molecule has 0 amide bonds. The fourth-order valence-corrected chi connectivity index (χ4v) is 3.05. The van der Waals surface area contributed by atoms with Gasteiger partial charge in [0.2, 0.25) is 0 Å². The zero-order valence-electron chi connectivity index (χ0n) is 16.3. The molecular weight excluding hydrogens is 308 g/mol. The second-order valence-corrected chi connectivity index (χ2v) is 7.11. The number of carbonyl (C=O) groups is 1. The minimum Gasteiger partial charge on any atom is -0.377 e. The van der Waals surface area contributed by atoms with Gasteiger partial charge in [0, 0.05) is 19.4 Å². The fraction of sp³-hybridized carbons (Fsp3) is 0.696. The molecule has 0 aliphatic heterocycles. The molecule has 0 bridgehead atoms. The van der Waals surface area contributed by atoms with Crippen LogP contribution in [0.2, 0.25) is 0 Å². The molecule has 1 rings (SSSR count). The Morgan fingerprint density at radius 3 is 1.96 bits per heavy atom. The fourth-order valence-electron chi connectivity index (χ4n) is 3.05. The molecule has 142 valence electrons. The van der Waals surface area contributed by atoms with Gasteiger partial charge in [0.05, 0.1) is 6.61 Å². The van der Waals surface area contributed by atoms with Crippen molar-refractivity contribution in [2.24, 2.45) is 0 Å². The molecule has 0 aliphatic rings. The van der Waals surface area contributed by atoms with E-state index in [0.717, 1.165) is 45.1 Å². The molecule has 0 aromatic heterocycles. The first-order chi connectivity index (χ1) is 12.3. The number of unbranched alkanes of at least 4 members (excludes halogenated alkanes) is 9. The van der Waals surface area contributed by atoms with Gasteiger partial charge >= 0.3 is 0 Å². The lowest BCUT2D eigenvalue weighted by atomic mass is 10.0. The van der Waals surface area contributed by atoms with E-state index in [4.69, 9.17) is 4.74 Å². The summed E-state index contributed by atoms with van der Waals surface area (Å²) in [5.74, 6) is 0.455. The van der Waals surface area contributed by atoms with Crippen molar-refractivity contribution < 1.29 is 9.53 Å². The maximum atomic E-state index is 11.9. The molecule has 0 aliphatic carbocycles. The molecule has 1 aromatic rings. The SMILES string of the molecule is CCCCCCCCCCC(=O)CCCCCOCc1ccccc1. The van der Waals surface area contributed by atoms with Crippen LogP contribution in [-0.4, -0.2) is 12.4 Å². The monoisotopic (exact) mass is 346 g/mol. The summed E-state index contributed by atoms with van der Waals surface area (Å²) in [7, 11) is 0. The van der Waals surface area contributed by atoms with Gasteiger partial charge in [-0.15, -0.1) is 0 Å². The average molecular weight is 347 g/mol. The van der Waals surface area contributed by atoms with Gasteiger partial charge in [-0.3, -0.25) is 4.79 Å². The number of hydrogen-bond donors (Lipinski definition) is 0. The van der Waals surface area contributed by atoms with Crippen LogP contribution >= 0.6 is 0 Å². The molecule has 0 N–H and O–H groups in total. The Morgan fingerprint density at radius 2 is 1.32 bits per heavy atom. The van der Waals surface area contributed by atoms with Crippen LogP contribution < -0.4 is 0 Å². The van der Waals surface area contributed by atoms with Crippen LogP contribution in [0.15, 0.2) is 30.3 Å². The van der Waals surface area contributed by atoms with E-state index in [1.165, 1.54) is 50.5 Å². The van der Waals surface area contributed by atoms with Crippen molar-refractivity contribution in [3.05, 3.63) is 35.9 Å². The molecule has 25 heavy (non-hydrogen) atoms. The minimum atomic E-state index is 0.455. The van der Waals surface area contributed by atoms with Crippen LogP contribution in [0, 0.1) is 0 Å². The van der Waals surface area contributed by atoms with Crippen LogP contribution in [0.5, 0.6) is 0 Å². The second kappa shape index (κ2) is 16.3. The van der Waals surface area contributed by atoms with E-state index in [-0.39, 0.29) is 0 Å². The summed E-state index contributed by atoms with van der Waals surface area (Å²) in [6, 6.07) is 10.3. The van der Waals surface area contributed by atoms with E-state index in [1.807, 2.05) is 18.2 Å². The van der Waals surface area contributed by atoms with Gasteiger partial charge in [0.25, 0.3) is 0 Å². The quantitative estimate of drug-likeness (QED) is 0.288. The summed E-state index contributed by atoms with van der Waals surface area (Å²) in [6.45, 7) is 3.74. The maximum Gasteiger partial charge on any atom is 0.132 e. The highest BCUT2D eigenvalue weighted by atomic mass is 16.5. The molecule has 2 nitrogen and oxygen atoms in total. The average Bonchev–Trinajstić information content (AvgIpc) is 2.64. The van der Waals surface area contributed by atoms with E-state index < -0.39 is 0 Å². The predicted molar refractivity (Wildman–Crippen MR) is 107 cm³/mol. The first kappa shape index (κ1) is 21.9. The Labute approximate surface area is 155 Å². The van der Waals surface area contributed by atoms with Crippen molar-refractivity contribution >= 4 is 5.78 Å². The lowest BCUT2D eigenvalue weighted by molar-refractivity contribution is -0.119. The molecule has 0 spiro atoms. The largest absolute Gasteiger partial charge is 0.377 e. The second-order valence-electron chi connectivity index (χ2n) is 7.11. The van der Waals surface area contributed by atoms with Gasteiger partial charge in [-0.05, 0) is 24.8 Å². The number of hydrogen-bond acceptors (Lipinski definition) is 2. The third-order valence-corrected chi connectivity index (χ3v) is 4.67. The third kappa shape index (κ3) is 13.8. The van der Waals surface area contributed by atoms with E-state index in [1.54, 1.807) is 0 Å². The van der Waals surface area contributed by atoms with Gasteiger partial charge in [0.15, 0.2) is 0 Å². The highest BCUT2D eigenvalue weighted by Crippen LogP contribution is 2.11. The summed E-state index contributed by atoms with van der Waals surface area (Å²) in [5.41, 5.74) is 1.23. The summed E-state index contributed by atoms with van der Waals surface area (Å²) in [5, 5.41) is 0. The van der Waals surface area contributed by atoms with Crippen LogP contribution in [0.1, 0.15) is 96.0 Å². The number of benzene rings is 1. The Balaban J connectivity index is 1.81. The van der Waals surface area contributed by atoms with Gasteiger partial charge in [-0.1, -0.05) is 88.6 Å². The number of carbonyl (C=O) groups excluding carboxylic acids is 1. The Bertz CT molecular complexity index is 413. The van der Waals surface area contributed by atoms with Crippen molar-refractivity contribution in [3.8, 4) is 0 Å². The summed E-state index contributed by atoms with van der Waals surface area (Å²) < 4.78 is 5.67. The van der Waals surface area contributed by atoms with Crippen LogP contribution in [-0.2, 0) is 16.1 Å². The first-order valence-electron chi connectivity index (χ1n) is 10.5. The number of Topliss-reactive ketones (excluding diaryl/α,β-unsaturated/α-hetero) is 1. The molecule has 0 saturated heterocycles. The number of rotatable bonds is 17. The minimum absolute atomic E-state index is 0.455. The molecular formula is C23H38O2. The predicted octanol–water partition coefficient (Wildman–Crippen LogP) is 6.86. The summed E-state index contributed by atoms with van der Waals surface area (Å²) in [4.78, 5) is 11.9. The van der Waals surface area contributed by atoms with Gasteiger partial charge < -0.3 is 4.74 Å². The van der Waals surface area contributed by atoms with E-state index in [9.17, 15) is 4.79 Å². The normalized spacial score (nSPS) is 10.9. The lowest BCUT2D eigenvalue weighted by Crippen LogP contribution is -1.99. The molecule has 0 radical (unpaired) electrons. The van der Waals surface area contributed by atoms with Crippen molar-refractivity contribution in [1.29, 1.82) is 0 Å². The van der Waals surface area contributed by atoms with E-state index in [2.05, 4.69) is 19.1 Å². The van der Waals surface area contributed by atoms with Crippen molar-refractivity contribution in [3.63, 3.8) is 0 Å². The Kier molecular flexibility index (Phi) is 14.3. The molecule has 2 heteroatoms. The third-order valence-electron chi connectivity index (χ3n) is 4.67. The molecule has 0 fully saturated rings. The maximum absolute atomic E-state index is 11.9. The number of ketones is 1. The van der Waals surface area contributed by atoms with E-state index in [0.29, 0.717) is 12.4 Å². The van der Waals surface area contributed by atoms with Gasteiger partial charge in [-0.25, -0.2) is 0 Å². The Morgan fingerprint density at radius 1 is 0.760 bits per heavy atom. The van der Waals surface area contributed by atoms with Gasteiger partial charge in [-0.2, -0.15) is 0 Å². The molecule has 0 unspecified atom stereocenters.